The highest BCUT2D eigenvalue weighted by Gasteiger charge is 2.39. The summed E-state index contributed by atoms with van der Waals surface area (Å²) in [6.07, 6.45) is -1.21. The molecule has 1 fully saturated rings. The van der Waals surface area contributed by atoms with Crippen LogP contribution in [-0.2, 0) is 26.1 Å². The summed E-state index contributed by atoms with van der Waals surface area (Å²) >= 11 is 0. The molecule has 0 radical (unpaired) electrons. The molecule has 1 aliphatic heterocycles. The Bertz CT molecular complexity index is 1880. The number of anilines is 1. The van der Waals surface area contributed by atoms with Gasteiger partial charge in [-0.05, 0) is 71.8 Å². The van der Waals surface area contributed by atoms with Crippen LogP contribution >= 0.6 is 0 Å². The number of aliphatic hydroxyl groups excluding tert-OH is 1. The van der Waals surface area contributed by atoms with Crippen molar-refractivity contribution in [2.45, 2.75) is 49.9 Å². The fourth-order valence-corrected chi connectivity index (χ4v) is 7.13. The Balaban J connectivity index is 1.27. The normalized spacial score (nSPS) is 20.9. The van der Waals surface area contributed by atoms with Crippen molar-refractivity contribution in [2.24, 2.45) is 5.92 Å². The molecule has 5 aromatic carbocycles. The van der Waals surface area contributed by atoms with E-state index in [-0.39, 0.29) is 35.7 Å². The van der Waals surface area contributed by atoms with E-state index in [1.165, 1.54) is 16.3 Å². The Kier molecular flexibility index (Phi) is 9.54. The third kappa shape index (κ3) is 7.02. The van der Waals surface area contributed by atoms with Gasteiger partial charge in [0.05, 0.1) is 23.7 Å². The van der Waals surface area contributed by atoms with E-state index >= 15 is 0 Å². The fraction of sp³-hybridized carbons (Fsp3) is 0.263. The van der Waals surface area contributed by atoms with Crippen LogP contribution in [0, 0.1) is 5.92 Å². The Morgan fingerprint density at radius 3 is 2.26 bits per heavy atom. The molecule has 0 aromatic heterocycles. The van der Waals surface area contributed by atoms with E-state index in [9.17, 15) is 13.5 Å². The Morgan fingerprint density at radius 1 is 0.804 bits per heavy atom. The zero-order valence-electron chi connectivity index (χ0n) is 26.3. The van der Waals surface area contributed by atoms with Crippen LogP contribution in [0.15, 0.2) is 126 Å². The number of rotatable bonds is 10. The van der Waals surface area contributed by atoms with Crippen molar-refractivity contribution in [3.8, 4) is 0 Å². The molecule has 2 N–H and O–H groups in total. The van der Waals surface area contributed by atoms with Crippen LogP contribution in [0.3, 0.4) is 0 Å². The smallest absolute Gasteiger partial charge is 0.261 e. The summed E-state index contributed by atoms with van der Waals surface area (Å²) < 4.78 is 42.1. The molecular formula is C38H40N2O5S. The summed E-state index contributed by atoms with van der Waals surface area (Å²) in [5, 5.41) is 12.0. The zero-order valence-corrected chi connectivity index (χ0v) is 27.1. The van der Waals surface area contributed by atoms with Crippen LogP contribution in [0.5, 0.6) is 0 Å². The van der Waals surface area contributed by atoms with Gasteiger partial charge in [0.2, 0.25) is 0 Å². The van der Waals surface area contributed by atoms with Crippen LogP contribution in [0.2, 0.25) is 0 Å². The van der Waals surface area contributed by atoms with Crippen LogP contribution in [0.25, 0.3) is 10.8 Å². The minimum absolute atomic E-state index is 0.00208. The van der Waals surface area contributed by atoms with Crippen molar-refractivity contribution in [3.05, 3.63) is 144 Å². The van der Waals surface area contributed by atoms with Gasteiger partial charge in [-0.1, -0.05) is 97.9 Å². The van der Waals surface area contributed by atoms with E-state index in [1.54, 1.807) is 48.5 Å². The quantitative estimate of drug-likeness (QED) is 0.164. The molecule has 0 unspecified atom stereocenters. The van der Waals surface area contributed by atoms with Crippen LogP contribution in [0.1, 0.15) is 54.5 Å². The van der Waals surface area contributed by atoms with Gasteiger partial charge in [-0.15, -0.1) is 0 Å². The molecule has 1 aliphatic rings. The van der Waals surface area contributed by atoms with Gasteiger partial charge in [0.25, 0.3) is 10.0 Å². The molecule has 5 atom stereocenters. The SMILES string of the molecule is C[C@H]1[C@@H](CN(C)[C@H](C)c2ccc3ccccc3c2)O[C@@H](c2cccc(NS(=O)(=O)c3ccccc3)c2)O[C@H]1c1ccc(CO)cc1. The highest BCUT2D eigenvalue weighted by atomic mass is 32.2. The summed E-state index contributed by atoms with van der Waals surface area (Å²) in [5.41, 5.74) is 4.20. The molecule has 0 spiro atoms. The van der Waals surface area contributed by atoms with E-state index in [0.717, 1.165) is 11.1 Å². The maximum absolute atomic E-state index is 13.1. The molecule has 0 amide bonds. The first kappa shape index (κ1) is 31.9. The fourth-order valence-electron chi connectivity index (χ4n) is 6.05. The third-order valence-electron chi connectivity index (χ3n) is 8.97. The molecular weight excluding hydrogens is 596 g/mol. The van der Waals surface area contributed by atoms with Crippen LogP contribution < -0.4 is 4.72 Å². The molecule has 0 bridgehead atoms. The number of fused-ring (bicyclic) bond motifs is 1. The lowest BCUT2D eigenvalue weighted by Crippen LogP contribution is -2.44. The van der Waals surface area contributed by atoms with Gasteiger partial charge in [0.1, 0.15) is 0 Å². The third-order valence-corrected chi connectivity index (χ3v) is 10.4. The van der Waals surface area contributed by atoms with Gasteiger partial charge < -0.3 is 14.6 Å². The number of aliphatic hydroxyl groups is 1. The average Bonchev–Trinajstić information content (AvgIpc) is 3.09. The predicted molar refractivity (Wildman–Crippen MR) is 182 cm³/mol. The maximum atomic E-state index is 13.1. The number of nitrogens with zero attached hydrogens (tertiary/aromatic N) is 1. The minimum atomic E-state index is -3.77. The number of nitrogens with one attached hydrogen (secondary N) is 1. The summed E-state index contributed by atoms with van der Waals surface area (Å²) in [7, 11) is -1.65. The van der Waals surface area contributed by atoms with Gasteiger partial charge in [-0.2, -0.15) is 0 Å². The van der Waals surface area contributed by atoms with Crippen molar-refractivity contribution in [1.29, 1.82) is 0 Å². The molecule has 1 heterocycles. The number of ether oxygens (including phenoxy) is 2. The van der Waals surface area contributed by atoms with Crippen LogP contribution in [-0.4, -0.2) is 38.1 Å². The Hall–Kier alpha value is -4.05. The lowest BCUT2D eigenvalue weighted by molar-refractivity contribution is -0.276. The lowest BCUT2D eigenvalue weighted by atomic mass is 9.89. The van der Waals surface area contributed by atoms with Gasteiger partial charge in [0.15, 0.2) is 6.29 Å². The lowest BCUT2D eigenvalue weighted by Gasteiger charge is -2.43. The minimum Gasteiger partial charge on any atom is -0.392 e. The van der Waals surface area contributed by atoms with E-state index < -0.39 is 16.3 Å². The zero-order chi connectivity index (χ0) is 32.3. The maximum Gasteiger partial charge on any atom is 0.261 e. The summed E-state index contributed by atoms with van der Waals surface area (Å²) in [6.45, 7) is 4.98. The summed E-state index contributed by atoms with van der Waals surface area (Å²) in [4.78, 5) is 2.50. The Labute approximate surface area is 271 Å². The van der Waals surface area contributed by atoms with E-state index in [1.807, 2.05) is 30.3 Å². The molecule has 7 nitrogen and oxygen atoms in total. The van der Waals surface area contributed by atoms with Crippen molar-refractivity contribution in [2.75, 3.05) is 18.3 Å². The van der Waals surface area contributed by atoms with Gasteiger partial charge in [0, 0.05) is 29.8 Å². The first-order chi connectivity index (χ1) is 22.2. The second kappa shape index (κ2) is 13.7. The van der Waals surface area contributed by atoms with Crippen molar-refractivity contribution < 1.29 is 23.0 Å². The monoisotopic (exact) mass is 636 g/mol. The van der Waals surface area contributed by atoms with E-state index in [2.05, 4.69) is 73.0 Å². The summed E-state index contributed by atoms with van der Waals surface area (Å²) in [5.74, 6) is 0.00208. The van der Waals surface area contributed by atoms with Crippen LogP contribution in [0.4, 0.5) is 5.69 Å². The first-order valence-corrected chi connectivity index (χ1v) is 17.1. The molecule has 0 saturated carbocycles. The average molecular weight is 637 g/mol. The Morgan fingerprint density at radius 2 is 1.52 bits per heavy atom. The summed E-state index contributed by atoms with van der Waals surface area (Å²) in [6, 6.07) is 38.4. The molecule has 8 heteroatoms. The molecule has 0 aliphatic carbocycles. The number of hydrogen-bond donors (Lipinski definition) is 2. The van der Waals surface area contributed by atoms with E-state index in [0.29, 0.717) is 17.8 Å². The van der Waals surface area contributed by atoms with Gasteiger partial charge in [-0.3, -0.25) is 9.62 Å². The van der Waals surface area contributed by atoms with Crippen molar-refractivity contribution in [1.82, 2.24) is 4.90 Å². The second-order valence-corrected chi connectivity index (χ2v) is 13.8. The van der Waals surface area contributed by atoms with Crippen molar-refractivity contribution >= 4 is 26.5 Å². The van der Waals surface area contributed by atoms with Crippen molar-refractivity contribution in [3.63, 3.8) is 0 Å². The molecule has 6 rings (SSSR count). The molecule has 46 heavy (non-hydrogen) atoms. The largest absolute Gasteiger partial charge is 0.392 e. The topological polar surface area (TPSA) is 88.1 Å². The molecule has 1 saturated heterocycles. The van der Waals surface area contributed by atoms with Gasteiger partial charge in [-0.25, -0.2) is 8.42 Å². The number of likely N-dealkylation sites (N-methyl/N-ethyl adjacent to an activating group) is 1. The number of hydrogen-bond acceptors (Lipinski definition) is 6. The predicted octanol–water partition coefficient (Wildman–Crippen LogP) is 7.62. The highest BCUT2D eigenvalue weighted by Crippen LogP contribution is 2.42. The van der Waals surface area contributed by atoms with E-state index in [4.69, 9.17) is 9.47 Å². The second-order valence-electron chi connectivity index (χ2n) is 12.1. The first-order valence-electron chi connectivity index (χ1n) is 15.6. The standard InChI is InChI=1S/C38H40N2O5S/c1-26-36(24-40(3)27(2)31-21-20-29-10-7-8-11-32(29)22-31)44-38(45-37(26)30-18-16-28(25-41)17-19-30)33-12-9-13-34(23-33)39-46(42,43)35-14-5-4-6-15-35/h4-23,26-27,36-39,41H,24-25H2,1-3H3/t26-,27+,36+,37+,38+/m0/s1. The molecule has 5 aromatic rings. The highest BCUT2D eigenvalue weighted by molar-refractivity contribution is 7.92. The van der Waals surface area contributed by atoms with Gasteiger partial charge >= 0.3 is 0 Å². The number of benzene rings is 5. The number of sulfonamides is 1. The molecule has 238 valence electrons.